The van der Waals surface area contributed by atoms with Gasteiger partial charge in [-0.3, -0.25) is 4.90 Å². The summed E-state index contributed by atoms with van der Waals surface area (Å²) in [6.07, 6.45) is 4.06. The Morgan fingerprint density at radius 3 is 2.29 bits per heavy atom. The van der Waals surface area contributed by atoms with Crippen LogP contribution in [0.1, 0.15) is 32.6 Å². The summed E-state index contributed by atoms with van der Waals surface area (Å²) in [5.74, 6) is 0.365. The first kappa shape index (κ1) is 10.4. The summed E-state index contributed by atoms with van der Waals surface area (Å²) in [5.41, 5.74) is 0. The molecular weight excluding hydrogens is 178 g/mol. The zero-order valence-corrected chi connectivity index (χ0v) is 8.89. The predicted octanol–water partition coefficient (Wildman–Crippen LogP) is 0.602. The second kappa shape index (κ2) is 4.17. The highest BCUT2D eigenvalue weighted by atomic mass is 16.3. The van der Waals surface area contributed by atoms with Gasteiger partial charge in [-0.2, -0.15) is 0 Å². The van der Waals surface area contributed by atoms with Crippen LogP contribution >= 0.6 is 0 Å². The van der Waals surface area contributed by atoms with E-state index in [2.05, 4.69) is 11.8 Å². The molecule has 0 bridgehead atoms. The molecule has 3 heteroatoms. The molecule has 2 N–H and O–H groups in total. The van der Waals surface area contributed by atoms with Gasteiger partial charge in [0, 0.05) is 19.1 Å². The van der Waals surface area contributed by atoms with Crippen molar-refractivity contribution in [1.82, 2.24) is 4.90 Å². The van der Waals surface area contributed by atoms with Gasteiger partial charge in [-0.25, -0.2) is 0 Å². The van der Waals surface area contributed by atoms with Crippen molar-refractivity contribution in [1.29, 1.82) is 0 Å². The lowest BCUT2D eigenvalue weighted by atomic mass is 9.91. The molecule has 0 spiro atoms. The Balaban J connectivity index is 1.94. The lowest BCUT2D eigenvalue weighted by Gasteiger charge is -2.35. The third-order valence-corrected chi connectivity index (χ3v) is 3.76. The fourth-order valence-corrected chi connectivity index (χ4v) is 2.77. The Bertz CT molecular complexity index is 188. The Hall–Kier alpha value is -0.120. The summed E-state index contributed by atoms with van der Waals surface area (Å²) in [6.45, 7) is 3.78. The number of aliphatic hydroxyl groups excluding tert-OH is 2. The first-order valence-electron chi connectivity index (χ1n) is 5.78. The van der Waals surface area contributed by atoms with Crippen LogP contribution in [0.2, 0.25) is 0 Å². The minimum Gasteiger partial charge on any atom is -0.391 e. The first-order valence-corrected chi connectivity index (χ1v) is 5.78. The molecule has 1 saturated carbocycles. The fourth-order valence-electron chi connectivity index (χ4n) is 2.77. The van der Waals surface area contributed by atoms with Crippen molar-refractivity contribution in [3.63, 3.8) is 0 Å². The van der Waals surface area contributed by atoms with Crippen LogP contribution in [0.4, 0.5) is 0 Å². The van der Waals surface area contributed by atoms with E-state index >= 15 is 0 Å². The third kappa shape index (κ3) is 1.95. The van der Waals surface area contributed by atoms with E-state index < -0.39 is 0 Å². The Labute approximate surface area is 85.7 Å². The molecule has 4 unspecified atom stereocenters. The number of hydrogen-bond acceptors (Lipinski definition) is 3. The summed E-state index contributed by atoms with van der Waals surface area (Å²) in [6, 6.07) is 0.309. The topological polar surface area (TPSA) is 43.7 Å². The van der Waals surface area contributed by atoms with E-state index in [0.717, 1.165) is 32.4 Å². The van der Waals surface area contributed by atoms with Gasteiger partial charge in [0.15, 0.2) is 0 Å². The number of β-amino-alcohol motifs (C(OH)–C–C–N with tert-alkyl or cyclic N) is 1. The van der Waals surface area contributed by atoms with Gasteiger partial charge in [0.2, 0.25) is 0 Å². The maximum Gasteiger partial charge on any atom is 0.0704 e. The van der Waals surface area contributed by atoms with Crippen LogP contribution in [-0.2, 0) is 0 Å². The minimum atomic E-state index is -0.191. The van der Waals surface area contributed by atoms with Crippen LogP contribution in [0, 0.1) is 5.92 Å². The average Bonchev–Trinajstić information content (AvgIpc) is 2.48. The molecule has 0 aromatic carbocycles. The van der Waals surface area contributed by atoms with E-state index in [4.69, 9.17) is 0 Å². The molecule has 0 amide bonds. The molecule has 1 aliphatic carbocycles. The molecule has 0 radical (unpaired) electrons. The highest BCUT2D eigenvalue weighted by Crippen LogP contribution is 2.27. The van der Waals surface area contributed by atoms with Crippen molar-refractivity contribution >= 4 is 0 Å². The molecule has 0 aromatic heterocycles. The SMILES string of the molecule is CC1CN(C2CCCCC2O)CC1O. The van der Waals surface area contributed by atoms with E-state index in [1.807, 2.05) is 0 Å². The van der Waals surface area contributed by atoms with Crippen LogP contribution in [0.25, 0.3) is 0 Å². The summed E-state index contributed by atoms with van der Waals surface area (Å²) in [4.78, 5) is 2.28. The standard InChI is InChI=1S/C11H21NO2/c1-8-6-12(7-11(8)14)9-4-2-3-5-10(9)13/h8-11,13-14H,2-7H2,1H3. The summed E-state index contributed by atoms with van der Waals surface area (Å²) < 4.78 is 0. The molecule has 2 rings (SSSR count). The van der Waals surface area contributed by atoms with Gasteiger partial charge >= 0.3 is 0 Å². The average molecular weight is 199 g/mol. The zero-order chi connectivity index (χ0) is 10.1. The third-order valence-electron chi connectivity index (χ3n) is 3.76. The number of aliphatic hydroxyl groups is 2. The quantitative estimate of drug-likeness (QED) is 0.650. The van der Waals surface area contributed by atoms with Gasteiger partial charge in [0.25, 0.3) is 0 Å². The normalized spacial score (nSPS) is 45.6. The van der Waals surface area contributed by atoms with Crippen molar-refractivity contribution in [3.05, 3.63) is 0 Å². The molecule has 2 fully saturated rings. The van der Waals surface area contributed by atoms with Crippen molar-refractivity contribution in [2.24, 2.45) is 5.92 Å². The Morgan fingerprint density at radius 1 is 1.00 bits per heavy atom. The van der Waals surface area contributed by atoms with Gasteiger partial charge in [-0.1, -0.05) is 19.8 Å². The van der Waals surface area contributed by atoms with Crippen LogP contribution < -0.4 is 0 Å². The highest BCUT2D eigenvalue weighted by Gasteiger charge is 2.36. The van der Waals surface area contributed by atoms with Gasteiger partial charge in [0.05, 0.1) is 12.2 Å². The fraction of sp³-hybridized carbons (Fsp3) is 1.00. The molecular formula is C11H21NO2. The van der Waals surface area contributed by atoms with Gasteiger partial charge in [0.1, 0.15) is 0 Å². The number of rotatable bonds is 1. The van der Waals surface area contributed by atoms with Gasteiger partial charge < -0.3 is 10.2 Å². The van der Waals surface area contributed by atoms with Crippen molar-refractivity contribution in [2.75, 3.05) is 13.1 Å². The van der Waals surface area contributed by atoms with Crippen LogP contribution in [0.5, 0.6) is 0 Å². The van der Waals surface area contributed by atoms with Gasteiger partial charge in [-0.05, 0) is 18.8 Å². The summed E-state index contributed by atoms with van der Waals surface area (Å²) in [5, 5.41) is 19.5. The van der Waals surface area contributed by atoms with Gasteiger partial charge in [-0.15, -0.1) is 0 Å². The largest absolute Gasteiger partial charge is 0.391 e. The van der Waals surface area contributed by atoms with Crippen molar-refractivity contribution in [2.45, 2.75) is 50.9 Å². The van der Waals surface area contributed by atoms with Crippen LogP contribution in [0.15, 0.2) is 0 Å². The lowest BCUT2D eigenvalue weighted by Crippen LogP contribution is -2.44. The highest BCUT2D eigenvalue weighted by molar-refractivity contribution is 4.90. The number of nitrogens with zero attached hydrogens (tertiary/aromatic N) is 1. The maximum atomic E-state index is 9.88. The number of likely N-dealkylation sites (tertiary alicyclic amines) is 1. The monoisotopic (exact) mass is 199 g/mol. The molecule has 82 valence electrons. The number of hydrogen-bond donors (Lipinski definition) is 2. The van der Waals surface area contributed by atoms with Crippen molar-refractivity contribution in [3.8, 4) is 0 Å². The van der Waals surface area contributed by atoms with E-state index in [-0.39, 0.29) is 12.2 Å². The first-order chi connectivity index (χ1) is 6.68. The molecule has 4 atom stereocenters. The predicted molar refractivity (Wildman–Crippen MR) is 55.0 cm³/mol. The van der Waals surface area contributed by atoms with E-state index in [0.29, 0.717) is 12.0 Å². The van der Waals surface area contributed by atoms with Crippen molar-refractivity contribution < 1.29 is 10.2 Å². The molecule has 1 heterocycles. The summed E-state index contributed by atoms with van der Waals surface area (Å²) >= 11 is 0. The van der Waals surface area contributed by atoms with E-state index in [9.17, 15) is 10.2 Å². The summed E-state index contributed by atoms with van der Waals surface area (Å²) in [7, 11) is 0. The second-order valence-electron chi connectivity index (χ2n) is 4.92. The van der Waals surface area contributed by atoms with Crippen LogP contribution in [0.3, 0.4) is 0 Å². The molecule has 14 heavy (non-hydrogen) atoms. The molecule has 1 saturated heterocycles. The maximum absolute atomic E-state index is 9.88. The van der Waals surface area contributed by atoms with Crippen LogP contribution in [-0.4, -0.2) is 46.5 Å². The van der Waals surface area contributed by atoms with E-state index in [1.165, 1.54) is 6.42 Å². The zero-order valence-electron chi connectivity index (χ0n) is 8.89. The van der Waals surface area contributed by atoms with E-state index in [1.54, 1.807) is 0 Å². The Kier molecular flexibility index (Phi) is 3.10. The molecule has 3 nitrogen and oxygen atoms in total. The smallest absolute Gasteiger partial charge is 0.0704 e. The molecule has 0 aromatic rings. The molecule has 1 aliphatic heterocycles. The lowest BCUT2D eigenvalue weighted by molar-refractivity contribution is 0.0252. The Morgan fingerprint density at radius 2 is 1.71 bits per heavy atom. The minimum absolute atomic E-state index is 0.166. The molecule has 2 aliphatic rings. The second-order valence-corrected chi connectivity index (χ2v) is 4.92.